The third-order valence-electron chi connectivity index (χ3n) is 3.18. The maximum Gasteiger partial charge on any atom is 0.243 e. The Bertz CT molecular complexity index is 567. The molecular formula is C16H18N2O2. The van der Waals surface area contributed by atoms with E-state index >= 15 is 0 Å². The third kappa shape index (κ3) is 3.36. The minimum atomic E-state index is -0.607. The molecule has 0 aliphatic rings. The fourth-order valence-electron chi connectivity index (χ4n) is 2.00. The number of aromatic hydroxyl groups is 1. The van der Waals surface area contributed by atoms with Crippen molar-refractivity contribution in [3.05, 3.63) is 60.2 Å². The van der Waals surface area contributed by atoms with E-state index in [-0.39, 0.29) is 11.7 Å². The van der Waals surface area contributed by atoms with Gasteiger partial charge in [-0.15, -0.1) is 0 Å². The molecule has 2 aromatic rings. The minimum Gasteiger partial charge on any atom is -0.508 e. The summed E-state index contributed by atoms with van der Waals surface area (Å²) in [6.07, 6.45) is 0.441. The van der Waals surface area contributed by atoms with Crippen LogP contribution in [0.4, 0.5) is 5.69 Å². The molecule has 0 aliphatic heterocycles. The number of likely N-dealkylation sites (N-methyl/N-ethyl adjacent to an activating group) is 1. The summed E-state index contributed by atoms with van der Waals surface area (Å²) in [5, 5.41) is 9.23. The van der Waals surface area contributed by atoms with Crippen molar-refractivity contribution in [1.82, 2.24) is 0 Å². The van der Waals surface area contributed by atoms with E-state index in [4.69, 9.17) is 5.73 Å². The highest BCUT2D eigenvalue weighted by Gasteiger charge is 2.19. The number of rotatable bonds is 4. The third-order valence-corrected chi connectivity index (χ3v) is 3.18. The summed E-state index contributed by atoms with van der Waals surface area (Å²) in [5.41, 5.74) is 7.71. The summed E-state index contributed by atoms with van der Waals surface area (Å²) in [6, 6.07) is 15.5. The standard InChI is InChI=1S/C16H18N2O2/c1-18(13-5-3-2-4-6-13)16(20)15(17)11-12-7-9-14(19)10-8-12/h2-10,15,19H,11,17H2,1H3/t15-/m1/s1. The summed E-state index contributed by atoms with van der Waals surface area (Å²) >= 11 is 0. The largest absolute Gasteiger partial charge is 0.508 e. The highest BCUT2D eigenvalue weighted by atomic mass is 16.3. The van der Waals surface area contributed by atoms with Gasteiger partial charge in [0, 0.05) is 12.7 Å². The smallest absolute Gasteiger partial charge is 0.243 e. The van der Waals surface area contributed by atoms with Gasteiger partial charge in [0.1, 0.15) is 5.75 Å². The summed E-state index contributed by atoms with van der Waals surface area (Å²) in [5.74, 6) is 0.0688. The second-order valence-electron chi connectivity index (χ2n) is 4.71. The molecule has 1 amide bonds. The van der Waals surface area contributed by atoms with Crippen LogP contribution in [0.3, 0.4) is 0 Å². The quantitative estimate of drug-likeness (QED) is 0.892. The van der Waals surface area contributed by atoms with Crippen molar-refractivity contribution in [3.63, 3.8) is 0 Å². The molecule has 0 unspecified atom stereocenters. The number of benzene rings is 2. The molecule has 4 nitrogen and oxygen atoms in total. The normalized spacial score (nSPS) is 11.9. The van der Waals surface area contributed by atoms with E-state index in [0.717, 1.165) is 11.3 Å². The summed E-state index contributed by atoms with van der Waals surface area (Å²) in [4.78, 5) is 13.8. The van der Waals surface area contributed by atoms with Crippen molar-refractivity contribution in [2.24, 2.45) is 5.73 Å². The van der Waals surface area contributed by atoms with E-state index in [1.165, 1.54) is 0 Å². The van der Waals surface area contributed by atoms with Crippen molar-refractivity contribution in [2.75, 3.05) is 11.9 Å². The second-order valence-corrected chi connectivity index (χ2v) is 4.71. The first kappa shape index (κ1) is 14.1. The molecule has 4 heteroatoms. The van der Waals surface area contributed by atoms with E-state index in [0.29, 0.717) is 6.42 Å². The Morgan fingerprint density at radius 2 is 1.75 bits per heavy atom. The van der Waals surface area contributed by atoms with Crippen molar-refractivity contribution in [2.45, 2.75) is 12.5 Å². The molecule has 0 saturated carbocycles. The predicted octanol–water partition coefficient (Wildman–Crippen LogP) is 1.93. The summed E-state index contributed by atoms with van der Waals surface area (Å²) in [6.45, 7) is 0. The number of carbonyl (C=O) groups is 1. The van der Waals surface area contributed by atoms with E-state index in [9.17, 15) is 9.90 Å². The first-order valence-electron chi connectivity index (χ1n) is 6.44. The van der Waals surface area contributed by atoms with E-state index in [1.54, 1.807) is 36.2 Å². The van der Waals surface area contributed by atoms with Crippen LogP contribution in [0.2, 0.25) is 0 Å². The number of nitrogens with zero attached hydrogens (tertiary/aromatic N) is 1. The Balaban J connectivity index is 2.03. The van der Waals surface area contributed by atoms with Gasteiger partial charge in [-0.05, 0) is 36.2 Å². The first-order chi connectivity index (χ1) is 9.58. The monoisotopic (exact) mass is 270 g/mol. The highest BCUT2D eigenvalue weighted by molar-refractivity contribution is 5.96. The van der Waals surface area contributed by atoms with Crippen LogP contribution in [0.5, 0.6) is 5.75 Å². The molecule has 0 aliphatic carbocycles. The van der Waals surface area contributed by atoms with Gasteiger partial charge in [0.05, 0.1) is 6.04 Å². The molecular weight excluding hydrogens is 252 g/mol. The van der Waals surface area contributed by atoms with Crippen molar-refractivity contribution in [1.29, 1.82) is 0 Å². The van der Waals surface area contributed by atoms with E-state index in [1.807, 2.05) is 30.3 Å². The van der Waals surface area contributed by atoms with Gasteiger partial charge >= 0.3 is 0 Å². The number of hydrogen-bond donors (Lipinski definition) is 2. The minimum absolute atomic E-state index is 0.135. The molecule has 3 N–H and O–H groups in total. The van der Waals surface area contributed by atoms with Crippen molar-refractivity contribution < 1.29 is 9.90 Å². The van der Waals surface area contributed by atoms with Crippen LogP contribution in [0.25, 0.3) is 0 Å². The Kier molecular flexibility index (Phi) is 4.38. The van der Waals surface area contributed by atoms with Crippen LogP contribution < -0.4 is 10.6 Å². The molecule has 2 aromatic carbocycles. The van der Waals surface area contributed by atoms with Gasteiger partial charge in [0.15, 0.2) is 0 Å². The maximum atomic E-state index is 12.3. The molecule has 0 radical (unpaired) electrons. The number of amides is 1. The van der Waals surface area contributed by atoms with E-state index in [2.05, 4.69) is 0 Å². The lowest BCUT2D eigenvalue weighted by Gasteiger charge is -2.21. The van der Waals surface area contributed by atoms with Gasteiger partial charge in [-0.3, -0.25) is 4.79 Å². The number of hydrogen-bond acceptors (Lipinski definition) is 3. The van der Waals surface area contributed by atoms with Crippen LogP contribution >= 0.6 is 0 Å². The topological polar surface area (TPSA) is 66.6 Å². The van der Waals surface area contributed by atoms with Gasteiger partial charge < -0.3 is 15.7 Å². The highest BCUT2D eigenvalue weighted by Crippen LogP contribution is 2.14. The number of anilines is 1. The number of nitrogens with two attached hydrogens (primary N) is 1. The van der Waals surface area contributed by atoms with Gasteiger partial charge in [-0.1, -0.05) is 30.3 Å². The molecule has 1 atom stereocenters. The van der Waals surface area contributed by atoms with Crippen LogP contribution in [0.1, 0.15) is 5.56 Å². The van der Waals surface area contributed by atoms with Gasteiger partial charge in [0.2, 0.25) is 5.91 Å². The van der Waals surface area contributed by atoms with E-state index < -0.39 is 6.04 Å². The molecule has 0 bridgehead atoms. The van der Waals surface area contributed by atoms with Gasteiger partial charge in [0.25, 0.3) is 0 Å². The average molecular weight is 270 g/mol. The Hall–Kier alpha value is -2.33. The Morgan fingerprint density at radius 3 is 2.35 bits per heavy atom. The lowest BCUT2D eigenvalue weighted by molar-refractivity contribution is -0.119. The molecule has 0 aromatic heterocycles. The van der Waals surface area contributed by atoms with Crippen LogP contribution in [-0.2, 0) is 11.2 Å². The van der Waals surface area contributed by atoms with Crippen LogP contribution in [0.15, 0.2) is 54.6 Å². The van der Waals surface area contributed by atoms with Crippen LogP contribution in [-0.4, -0.2) is 24.1 Å². The molecule has 104 valence electrons. The molecule has 0 saturated heterocycles. The fraction of sp³-hybridized carbons (Fsp3) is 0.188. The Labute approximate surface area is 118 Å². The molecule has 0 heterocycles. The average Bonchev–Trinajstić information content (AvgIpc) is 2.49. The van der Waals surface area contributed by atoms with Gasteiger partial charge in [-0.25, -0.2) is 0 Å². The fourth-order valence-corrected chi connectivity index (χ4v) is 2.00. The van der Waals surface area contributed by atoms with Gasteiger partial charge in [-0.2, -0.15) is 0 Å². The number of para-hydroxylation sites is 1. The number of phenols is 1. The molecule has 20 heavy (non-hydrogen) atoms. The molecule has 0 fully saturated rings. The summed E-state index contributed by atoms with van der Waals surface area (Å²) < 4.78 is 0. The van der Waals surface area contributed by atoms with Crippen molar-refractivity contribution in [3.8, 4) is 5.75 Å². The zero-order valence-electron chi connectivity index (χ0n) is 11.4. The summed E-state index contributed by atoms with van der Waals surface area (Å²) in [7, 11) is 1.72. The zero-order chi connectivity index (χ0) is 14.5. The maximum absolute atomic E-state index is 12.3. The van der Waals surface area contributed by atoms with Crippen LogP contribution in [0, 0.1) is 0 Å². The molecule has 2 rings (SSSR count). The second kappa shape index (κ2) is 6.21. The lowest BCUT2D eigenvalue weighted by Crippen LogP contribution is -2.43. The van der Waals surface area contributed by atoms with Crippen molar-refractivity contribution >= 4 is 11.6 Å². The molecule has 0 spiro atoms. The predicted molar refractivity (Wildman–Crippen MR) is 79.6 cm³/mol. The zero-order valence-corrected chi connectivity index (χ0v) is 11.4. The number of carbonyl (C=O) groups excluding carboxylic acids is 1. The SMILES string of the molecule is CN(C(=O)[C@H](N)Cc1ccc(O)cc1)c1ccccc1. The lowest BCUT2D eigenvalue weighted by atomic mass is 10.1. The first-order valence-corrected chi connectivity index (χ1v) is 6.44. The Morgan fingerprint density at radius 1 is 1.15 bits per heavy atom. The number of phenolic OH excluding ortho intramolecular Hbond substituents is 1.